The molecular formula is C22H28N8O2. The van der Waals surface area contributed by atoms with Crippen LogP contribution in [0.2, 0.25) is 0 Å². The van der Waals surface area contributed by atoms with Gasteiger partial charge in [-0.25, -0.2) is 9.97 Å². The average molecular weight is 437 g/mol. The third kappa shape index (κ3) is 4.86. The fourth-order valence-electron chi connectivity index (χ4n) is 3.69. The van der Waals surface area contributed by atoms with Gasteiger partial charge in [-0.15, -0.1) is 10.2 Å². The maximum atomic E-state index is 11.6. The van der Waals surface area contributed by atoms with Crippen LogP contribution in [0.15, 0.2) is 34.9 Å². The fourth-order valence-corrected chi connectivity index (χ4v) is 3.69. The van der Waals surface area contributed by atoms with Gasteiger partial charge in [-0.2, -0.15) is 0 Å². The molecule has 4 N–H and O–H groups in total. The molecular weight excluding hydrogens is 408 g/mol. The molecule has 1 aromatic carbocycles. The normalized spacial score (nSPS) is 14.5. The Kier molecular flexibility index (Phi) is 6.60. The van der Waals surface area contributed by atoms with Crippen molar-refractivity contribution in [3.63, 3.8) is 0 Å². The first-order chi connectivity index (χ1) is 15.6. The van der Waals surface area contributed by atoms with Crippen LogP contribution >= 0.6 is 0 Å². The second-order valence-corrected chi connectivity index (χ2v) is 7.78. The van der Waals surface area contributed by atoms with Crippen molar-refractivity contribution in [3.05, 3.63) is 36.0 Å². The summed E-state index contributed by atoms with van der Waals surface area (Å²) in [7, 11) is 1.91. The molecule has 10 nitrogen and oxygen atoms in total. The second-order valence-electron chi connectivity index (χ2n) is 7.78. The van der Waals surface area contributed by atoms with Crippen molar-refractivity contribution in [1.29, 1.82) is 0 Å². The second kappa shape index (κ2) is 9.73. The van der Waals surface area contributed by atoms with E-state index in [1.54, 1.807) is 6.20 Å². The van der Waals surface area contributed by atoms with Crippen molar-refractivity contribution in [2.75, 3.05) is 30.8 Å². The van der Waals surface area contributed by atoms with Crippen LogP contribution in [0.4, 0.5) is 11.6 Å². The smallest absolute Gasteiger partial charge is 0.270 e. The highest BCUT2D eigenvalue weighted by atomic mass is 16.4. The molecule has 1 aliphatic rings. The van der Waals surface area contributed by atoms with Gasteiger partial charge in [0.25, 0.3) is 5.89 Å². The molecule has 10 heteroatoms. The molecule has 4 rings (SSSR count). The first-order valence-corrected chi connectivity index (χ1v) is 10.8. The number of nitrogen functional groups attached to an aromatic ring is 1. The number of hydrogen-bond donors (Lipinski definition) is 3. The topological polar surface area (TPSA) is 135 Å². The van der Waals surface area contributed by atoms with Gasteiger partial charge in [0.2, 0.25) is 11.8 Å². The van der Waals surface area contributed by atoms with Crippen LogP contribution < -0.4 is 21.3 Å². The van der Waals surface area contributed by atoms with Gasteiger partial charge in [-0.1, -0.05) is 19.1 Å². The minimum absolute atomic E-state index is 0.0851. The minimum atomic E-state index is 0.0851. The SMILES string of the molecule is CCC(=O)NC1CCN(c2cnc(N)c(-c3nnc(-c4ccc(CNC)cc4)o3)n2)CC1. The van der Waals surface area contributed by atoms with Gasteiger partial charge >= 0.3 is 0 Å². The molecule has 0 aliphatic carbocycles. The predicted octanol–water partition coefficient (Wildman–Crippen LogP) is 1.99. The largest absolute Gasteiger partial charge is 0.414 e. The van der Waals surface area contributed by atoms with Crippen molar-refractivity contribution in [3.8, 4) is 23.0 Å². The molecule has 0 unspecified atom stereocenters. The number of benzene rings is 1. The van der Waals surface area contributed by atoms with Gasteiger partial charge < -0.3 is 25.7 Å². The number of nitrogens with one attached hydrogen (secondary N) is 2. The Labute approximate surface area is 186 Å². The molecule has 0 spiro atoms. The van der Waals surface area contributed by atoms with Gasteiger partial charge in [0.1, 0.15) is 5.82 Å². The van der Waals surface area contributed by atoms with E-state index in [0.29, 0.717) is 23.8 Å². The molecule has 32 heavy (non-hydrogen) atoms. The van der Waals surface area contributed by atoms with E-state index >= 15 is 0 Å². The molecule has 0 atom stereocenters. The van der Waals surface area contributed by atoms with Crippen LogP contribution in [0.25, 0.3) is 23.0 Å². The molecule has 1 fully saturated rings. The standard InChI is InChI=1S/C22H28N8O2/c1-3-18(31)26-16-8-10-30(11-9-16)17-13-25-20(23)19(27-17)22-29-28-21(32-22)15-6-4-14(5-7-15)12-24-2/h4-7,13,16,24H,3,8-12H2,1-2H3,(H2,23,25)(H,26,31). The van der Waals surface area contributed by atoms with Crippen LogP contribution in [-0.4, -0.2) is 52.3 Å². The van der Waals surface area contributed by atoms with E-state index in [0.717, 1.165) is 43.6 Å². The number of hydrogen-bond acceptors (Lipinski definition) is 9. The molecule has 0 radical (unpaired) electrons. The number of carbonyl (C=O) groups excluding carboxylic acids is 1. The Bertz CT molecular complexity index is 1060. The third-order valence-corrected chi connectivity index (χ3v) is 5.50. The molecule has 168 valence electrons. The number of rotatable bonds is 7. The summed E-state index contributed by atoms with van der Waals surface area (Å²) in [4.78, 5) is 22.7. The zero-order valence-electron chi connectivity index (χ0n) is 18.3. The van der Waals surface area contributed by atoms with Crippen LogP contribution in [-0.2, 0) is 11.3 Å². The highest BCUT2D eigenvalue weighted by Gasteiger charge is 2.23. The van der Waals surface area contributed by atoms with E-state index in [1.165, 1.54) is 0 Å². The number of nitrogens with zero attached hydrogens (tertiary/aromatic N) is 5. The van der Waals surface area contributed by atoms with Crippen LogP contribution in [0.3, 0.4) is 0 Å². The summed E-state index contributed by atoms with van der Waals surface area (Å²) in [6.45, 7) is 4.18. The molecule has 3 aromatic rings. The van der Waals surface area contributed by atoms with E-state index in [9.17, 15) is 4.79 Å². The number of amides is 1. The van der Waals surface area contributed by atoms with Gasteiger partial charge in [0.15, 0.2) is 11.5 Å². The summed E-state index contributed by atoms with van der Waals surface area (Å²) >= 11 is 0. The molecule has 0 saturated carbocycles. The first kappa shape index (κ1) is 21.7. The van der Waals surface area contributed by atoms with E-state index in [4.69, 9.17) is 10.2 Å². The number of carbonyl (C=O) groups is 1. The summed E-state index contributed by atoms with van der Waals surface area (Å²) in [6.07, 6.45) is 3.85. The molecule has 1 saturated heterocycles. The third-order valence-electron chi connectivity index (χ3n) is 5.50. The average Bonchev–Trinajstić information content (AvgIpc) is 3.31. The van der Waals surface area contributed by atoms with Gasteiger partial charge in [0, 0.05) is 37.7 Å². The Morgan fingerprint density at radius 2 is 1.91 bits per heavy atom. The summed E-state index contributed by atoms with van der Waals surface area (Å²) in [5.41, 5.74) is 8.43. The predicted molar refractivity (Wildman–Crippen MR) is 122 cm³/mol. The Hall–Kier alpha value is -3.53. The first-order valence-electron chi connectivity index (χ1n) is 10.8. The van der Waals surface area contributed by atoms with Crippen molar-refractivity contribution >= 4 is 17.5 Å². The van der Waals surface area contributed by atoms with E-state index in [-0.39, 0.29) is 23.7 Å². The number of piperidine rings is 1. The highest BCUT2D eigenvalue weighted by molar-refractivity contribution is 5.75. The molecule has 1 aliphatic heterocycles. The van der Waals surface area contributed by atoms with Crippen LogP contribution in [0, 0.1) is 0 Å². The van der Waals surface area contributed by atoms with Crippen molar-refractivity contribution in [2.45, 2.75) is 38.8 Å². The zero-order valence-corrected chi connectivity index (χ0v) is 18.3. The lowest BCUT2D eigenvalue weighted by atomic mass is 10.0. The van der Waals surface area contributed by atoms with E-state index < -0.39 is 0 Å². The molecule has 3 heterocycles. The van der Waals surface area contributed by atoms with Crippen molar-refractivity contribution in [1.82, 2.24) is 30.8 Å². The van der Waals surface area contributed by atoms with Crippen molar-refractivity contribution in [2.24, 2.45) is 0 Å². The lowest BCUT2D eigenvalue weighted by Crippen LogP contribution is -2.44. The van der Waals surface area contributed by atoms with Crippen molar-refractivity contribution < 1.29 is 9.21 Å². The maximum absolute atomic E-state index is 11.6. The van der Waals surface area contributed by atoms with Crippen LogP contribution in [0.5, 0.6) is 0 Å². The summed E-state index contributed by atoms with van der Waals surface area (Å²) in [5, 5.41) is 14.5. The quantitative estimate of drug-likeness (QED) is 0.508. The molecule has 0 bridgehead atoms. The Morgan fingerprint density at radius 3 is 2.59 bits per heavy atom. The zero-order chi connectivity index (χ0) is 22.5. The maximum Gasteiger partial charge on any atom is 0.270 e. The monoisotopic (exact) mass is 436 g/mol. The Morgan fingerprint density at radius 1 is 1.19 bits per heavy atom. The van der Waals surface area contributed by atoms with Gasteiger partial charge in [-0.05, 0) is 37.6 Å². The molecule has 1 amide bonds. The lowest BCUT2D eigenvalue weighted by Gasteiger charge is -2.33. The van der Waals surface area contributed by atoms with E-state index in [1.807, 2.05) is 38.2 Å². The minimum Gasteiger partial charge on any atom is -0.414 e. The number of anilines is 2. The van der Waals surface area contributed by atoms with E-state index in [2.05, 4.69) is 35.7 Å². The summed E-state index contributed by atoms with van der Waals surface area (Å²) in [5.74, 6) is 1.65. The number of nitrogens with two attached hydrogens (primary N) is 1. The summed E-state index contributed by atoms with van der Waals surface area (Å²) < 4.78 is 5.87. The van der Waals surface area contributed by atoms with Gasteiger partial charge in [-0.3, -0.25) is 4.79 Å². The number of aromatic nitrogens is 4. The van der Waals surface area contributed by atoms with Gasteiger partial charge in [0.05, 0.1) is 6.20 Å². The highest BCUT2D eigenvalue weighted by Crippen LogP contribution is 2.28. The Balaban J connectivity index is 1.48. The summed E-state index contributed by atoms with van der Waals surface area (Å²) in [6, 6.07) is 8.10. The fraction of sp³-hybridized carbons (Fsp3) is 0.409. The lowest BCUT2D eigenvalue weighted by molar-refractivity contribution is -0.121. The van der Waals surface area contributed by atoms with Crippen LogP contribution in [0.1, 0.15) is 31.7 Å². The molecule has 2 aromatic heterocycles.